The summed E-state index contributed by atoms with van der Waals surface area (Å²) in [6, 6.07) is 0.510. The third-order valence-electron chi connectivity index (χ3n) is 4.95. The highest BCUT2D eigenvalue weighted by Gasteiger charge is 2.38. The highest BCUT2D eigenvalue weighted by molar-refractivity contribution is 5.90. The Morgan fingerprint density at radius 3 is 2.60 bits per heavy atom. The zero-order valence-corrected chi connectivity index (χ0v) is 14.6. The largest absolute Gasteiger partial charge is 0.481 e. The van der Waals surface area contributed by atoms with E-state index >= 15 is 0 Å². The van der Waals surface area contributed by atoms with Gasteiger partial charge in [0.2, 0.25) is 5.82 Å². The molecule has 25 heavy (non-hydrogen) atoms. The molecule has 9 heteroatoms. The Labute approximate surface area is 146 Å². The van der Waals surface area contributed by atoms with Gasteiger partial charge in [-0.05, 0) is 31.6 Å². The second kappa shape index (κ2) is 7.38. The van der Waals surface area contributed by atoms with Gasteiger partial charge in [-0.15, -0.1) is 5.10 Å². The lowest BCUT2D eigenvalue weighted by Crippen LogP contribution is -2.45. The van der Waals surface area contributed by atoms with Gasteiger partial charge in [-0.25, -0.2) is 4.68 Å². The fraction of sp³-hybridized carbons (Fsp3) is 0.750. The van der Waals surface area contributed by atoms with Crippen molar-refractivity contribution < 1.29 is 19.4 Å². The van der Waals surface area contributed by atoms with E-state index in [2.05, 4.69) is 20.3 Å². The minimum Gasteiger partial charge on any atom is -0.481 e. The minimum absolute atomic E-state index is 0.0630. The molecule has 2 fully saturated rings. The summed E-state index contributed by atoms with van der Waals surface area (Å²) >= 11 is 0. The molecule has 2 N–H and O–H groups in total. The number of aromatic nitrogens is 3. The van der Waals surface area contributed by atoms with Crippen LogP contribution in [0.15, 0.2) is 0 Å². The average molecular weight is 351 g/mol. The molecule has 0 bridgehead atoms. The molecule has 1 aliphatic heterocycles. The van der Waals surface area contributed by atoms with E-state index in [9.17, 15) is 9.59 Å². The number of rotatable bonds is 8. The van der Waals surface area contributed by atoms with Crippen molar-refractivity contribution in [3.05, 3.63) is 5.82 Å². The Hall–Kier alpha value is -2.16. The average Bonchev–Trinajstić information content (AvgIpc) is 3.20. The number of carbonyl (C=O) groups excluding carboxylic acids is 1. The maximum atomic E-state index is 12.3. The van der Waals surface area contributed by atoms with Crippen LogP contribution in [-0.4, -0.2) is 68.9 Å². The van der Waals surface area contributed by atoms with Gasteiger partial charge in [0.25, 0.3) is 5.91 Å². The first-order chi connectivity index (χ1) is 12.0. The van der Waals surface area contributed by atoms with Crippen LogP contribution in [0.4, 0.5) is 0 Å². The van der Waals surface area contributed by atoms with Gasteiger partial charge < -0.3 is 15.2 Å². The number of carboxylic acids is 1. The first-order valence-corrected chi connectivity index (χ1v) is 8.68. The molecule has 2 aliphatic rings. The molecule has 2 atom stereocenters. The van der Waals surface area contributed by atoms with E-state index in [0.717, 1.165) is 19.4 Å². The van der Waals surface area contributed by atoms with Gasteiger partial charge in [0.15, 0.2) is 0 Å². The second-order valence-electron chi connectivity index (χ2n) is 6.88. The maximum absolute atomic E-state index is 12.3. The third-order valence-corrected chi connectivity index (χ3v) is 4.95. The first kappa shape index (κ1) is 17.7. The van der Waals surface area contributed by atoms with Crippen molar-refractivity contribution in [3.63, 3.8) is 0 Å². The first-order valence-electron chi connectivity index (χ1n) is 8.68. The third kappa shape index (κ3) is 4.28. The number of carbonyl (C=O) groups is 2. The molecule has 1 aromatic heterocycles. The Morgan fingerprint density at radius 2 is 2.00 bits per heavy atom. The van der Waals surface area contributed by atoms with Crippen molar-refractivity contribution in [1.29, 1.82) is 0 Å². The lowest BCUT2D eigenvalue weighted by molar-refractivity contribution is -0.138. The topological polar surface area (TPSA) is 110 Å². The molecule has 0 spiro atoms. The van der Waals surface area contributed by atoms with Gasteiger partial charge >= 0.3 is 12.0 Å². The Morgan fingerprint density at radius 1 is 1.28 bits per heavy atom. The predicted molar refractivity (Wildman–Crippen MR) is 88.4 cm³/mol. The van der Waals surface area contributed by atoms with Gasteiger partial charge in [-0.3, -0.25) is 14.5 Å². The number of ether oxygens (including phenoxy) is 1. The molecule has 9 nitrogen and oxygen atoms in total. The van der Waals surface area contributed by atoms with Gasteiger partial charge in [-0.1, -0.05) is 0 Å². The molecule has 1 saturated heterocycles. The van der Waals surface area contributed by atoms with E-state index in [-0.39, 0.29) is 36.2 Å². The number of nitrogens with zero attached hydrogens (tertiary/aromatic N) is 4. The van der Waals surface area contributed by atoms with E-state index in [1.807, 2.05) is 0 Å². The van der Waals surface area contributed by atoms with Crippen LogP contribution in [0, 0.1) is 5.92 Å². The smallest absolute Gasteiger partial charge is 0.314 e. The molecule has 3 rings (SSSR count). The van der Waals surface area contributed by atoms with Crippen molar-refractivity contribution in [2.24, 2.45) is 13.0 Å². The van der Waals surface area contributed by atoms with Crippen LogP contribution in [0.1, 0.15) is 42.7 Å². The van der Waals surface area contributed by atoms with Crippen LogP contribution < -0.4 is 10.1 Å². The molecule has 1 saturated carbocycles. The van der Waals surface area contributed by atoms with Crippen LogP contribution in [0.2, 0.25) is 0 Å². The number of likely N-dealkylation sites (tertiary alicyclic amines) is 1. The molecule has 1 amide bonds. The molecule has 0 radical (unpaired) electrons. The Kier molecular flexibility index (Phi) is 5.22. The maximum Gasteiger partial charge on any atom is 0.314 e. The van der Waals surface area contributed by atoms with E-state index in [1.54, 1.807) is 7.05 Å². The summed E-state index contributed by atoms with van der Waals surface area (Å²) in [5, 5.41) is 16.0. The summed E-state index contributed by atoms with van der Waals surface area (Å²) in [6.45, 7) is 1.40. The van der Waals surface area contributed by atoms with Gasteiger partial charge in [0.1, 0.15) is 0 Å². The highest BCUT2D eigenvalue weighted by Crippen LogP contribution is 2.35. The van der Waals surface area contributed by atoms with Crippen molar-refractivity contribution in [1.82, 2.24) is 25.0 Å². The Balaban J connectivity index is 1.58. The number of amides is 1. The SMILES string of the molecule is COc1nc(C(=O)NC[C@@H]2CC[C@H](CC(=O)O)N2CC2CC2)nn1C. The molecule has 0 unspecified atom stereocenters. The lowest BCUT2D eigenvalue weighted by atomic mass is 10.1. The number of hydrogen-bond acceptors (Lipinski definition) is 6. The normalized spacial score (nSPS) is 23.6. The molecule has 1 aliphatic carbocycles. The number of hydrogen-bond donors (Lipinski definition) is 2. The van der Waals surface area contributed by atoms with Crippen LogP contribution in [-0.2, 0) is 11.8 Å². The highest BCUT2D eigenvalue weighted by atomic mass is 16.5. The van der Waals surface area contributed by atoms with Crippen molar-refractivity contribution in [2.45, 2.75) is 44.2 Å². The number of aliphatic carboxylic acids is 1. The van der Waals surface area contributed by atoms with E-state index in [1.165, 1.54) is 24.6 Å². The molecular weight excluding hydrogens is 326 g/mol. The lowest BCUT2D eigenvalue weighted by Gasteiger charge is -2.29. The van der Waals surface area contributed by atoms with Crippen molar-refractivity contribution in [2.75, 3.05) is 20.2 Å². The van der Waals surface area contributed by atoms with Crippen LogP contribution in [0.5, 0.6) is 6.01 Å². The molecular formula is C16H25N5O4. The van der Waals surface area contributed by atoms with Gasteiger partial charge in [0, 0.05) is 32.2 Å². The van der Waals surface area contributed by atoms with Gasteiger partial charge in [0.05, 0.1) is 13.5 Å². The summed E-state index contributed by atoms with van der Waals surface area (Å²) in [5.41, 5.74) is 0. The monoisotopic (exact) mass is 351 g/mol. The molecule has 138 valence electrons. The van der Waals surface area contributed by atoms with Crippen molar-refractivity contribution >= 4 is 11.9 Å². The fourth-order valence-corrected chi connectivity index (χ4v) is 3.49. The number of nitrogens with one attached hydrogen (secondary N) is 1. The quantitative estimate of drug-likeness (QED) is 0.692. The predicted octanol–water partition coefficient (Wildman–Crippen LogP) is 0.271. The molecule has 1 aromatic rings. The minimum atomic E-state index is -0.764. The zero-order chi connectivity index (χ0) is 18.0. The van der Waals surface area contributed by atoms with E-state index in [4.69, 9.17) is 9.84 Å². The van der Waals surface area contributed by atoms with E-state index in [0.29, 0.717) is 12.5 Å². The van der Waals surface area contributed by atoms with Crippen LogP contribution >= 0.6 is 0 Å². The summed E-state index contributed by atoms with van der Waals surface area (Å²) in [7, 11) is 3.13. The van der Waals surface area contributed by atoms with Crippen LogP contribution in [0.25, 0.3) is 0 Å². The van der Waals surface area contributed by atoms with Crippen molar-refractivity contribution in [3.8, 4) is 6.01 Å². The standard InChI is InChI=1S/C16H25N5O4/c1-20-16(25-2)18-14(19-20)15(24)17-8-12-6-5-11(7-13(22)23)21(12)9-10-3-4-10/h10-12H,3-9H2,1-2H3,(H,17,24)(H,22,23)/t11-,12+/m1/s1. The summed E-state index contributed by atoms with van der Waals surface area (Å²) in [6.07, 6.45) is 4.34. The van der Waals surface area contributed by atoms with E-state index < -0.39 is 5.97 Å². The summed E-state index contributed by atoms with van der Waals surface area (Å²) in [4.78, 5) is 29.7. The van der Waals surface area contributed by atoms with Crippen LogP contribution in [0.3, 0.4) is 0 Å². The summed E-state index contributed by atoms with van der Waals surface area (Å²) < 4.78 is 6.43. The van der Waals surface area contributed by atoms with Gasteiger partial charge in [-0.2, -0.15) is 4.98 Å². The fourth-order valence-electron chi connectivity index (χ4n) is 3.49. The number of aryl methyl sites for hydroxylation is 1. The Bertz CT molecular complexity index is 642. The number of carboxylic acid groups (broad SMARTS) is 1. The molecule has 2 heterocycles. The number of methoxy groups -OCH3 is 1. The zero-order valence-electron chi connectivity index (χ0n) is 14.6. The molecule has 0 aromatic carbocycles. The summed E-state index contributed by atoms with van der Waals surface area (Å²) in [5.74, 6) is -0.352. The second-order valence-corrected chi connectivity index (χ2v) is 6.88.